The van der Waals surface area contributed by atoms with E-state index in [0.29, 0.717) is 9.23 Å². The topological polar surface area (TPSA) is 20.3 Å². The molecular weight excluding hydrogens is 390 g/mol. The van der Waals surface area contributed by atoms with Crippen LogP contribution >= 0.6 is 39.9 Å². The molecule has 1 aliphatic heterocycles. The Labute approximate surface area is 153 Å². The van der Waals surface area contributed by atoms with Crippen LogP contribution in [0.1, 0.15) is 18.1 Å². The highest BCUT2D eigenvalue weighted by Gasteiger charge is 2.33. The highest BCUT2D eigenvalue weighted by Crippen LogP contribution is 2.36. The number of rotatable bonds is 3. The zero-order valence-electron chi connectivity index (χ0n) is 12.5. The lowest BCUT2D eigenvalue weighted by Crippen LogP contribution is -2.27. The minimum atomic E-state index is -0.0628. The van der Waals surface area contributed by atoms with E-state index in [1.165, 1.54) is 17.3 Å². The third kappa shape index (κ3) is 3.57. The van der Waals surface area contributed by atoms with Gasteiger partial charge in [0.1, 0.15) is 0 Å². The molecule has 2 nitrogen and oxygen atoms in total. The summed E-state index contributed by atoms with van der Waals surface area (Å²) >= 11 is 10.1. The fourth-order valence-corrected chi connectivity index (χ4v) is 3.84. The molecule has 3 rings (SSSR count). The highest BCUT2D eigenvalue weighted by molar-refractivity contribution is 9.10. The van der Waals surface area contributed by atoms with E-state index in [1.54, 1.807) is 4.90 Å². The zero-order chi connectivity index (χ0) is 16.4. The summed E-state index contributed by atoms with van der Waals surface area (Å²) in [5.41, 5.74) is 3.04. The van der Waals surface area contributed by atoms with Crippen LogP contribution in [-0.4, -0.2) is 10.2 Å². The first-order valence-corrected chi connectivity index (χ1v) is 9.22. The lowest BCUT2D eigenvalue weighted by atomic mass is 10.1. The summed E-state index contributed by atoms with van der Waals surface area (Å²) < 4.78 is 1.58. The number of thioether (sulfide) groups is 1. The van der Waals surface area contributed by atoms with Crippen molar-refractivity contribution < 1.29 is 4.79 Å². The van der Waals surface area contributed by atoms with Crippen molar-refractivity contribution in [3.63, 3.8) is 0 Å². The van der Waals surface area contributed by atoms with Crippen molar-refractivity contribution in [3.8, 4) is 0 Å². The van der Waals surface area contributed by atoms with Crippen molar-refractivity contribution in [2.75, 3.05) is 4.90 Å². The van der Waals surface area contributed by atoms with E-state index in [-0.39, 0.29) is 5.91 Å². The van der Waals surface area contributed by atoms with E-state index in [2.05, 4.69) is 22.9 Å². The Kier molecular flexibility index (Phi) is 4.99. The second-order valence-electron chi connectivity index (χ2n) is 5.09. The van der Waals surface area contributed by atoms with Crippen LogP contribution in [0.4, 0.5) is 5.69 Å². The molecule has 0 radical (unpaired) electrons. The number of anilines is 1. The Bertz CT molecular complexity index is 782. The molecule has 0 aliphatic carbocycles. The Hall–Kier alpha value is -1.43. The first kappa shape index (κ1) is 16.4. The number of carbonyl (C=O) groups is 1. The minimum absolute atomic E-state index is 0.0628. The predicted molar refractivity (Wildman–Crippen MR) is 106 cm³/mol. The lowest BCUT2D eigenvalue weighted by molar-refractivity contribution is -0.113. The number of nitrogens with zero attached hydrogens (tertiary/aromatic N) is 1. The van der Waals surface area contributed by atoms with Crippen molar-refractivity contribution in [3.05, 3.63) is 69.0 Å². The molecule has 1 amide bonds. The standard InChI is InChI=1S/C18H14BrNOS2/c1-2-12-5-9-15(10-6-12)20-17(21)16(23-18(20)22)11-13-3-7-14(19)8-4-13/h3-11H,2H2,1H3. The maximum atomic E-state index is 12.7. The van der Waals surface area contributed by atoms with Gasteiger partial charge in [0.15, 0.2) is 4.32 Å². The molecule has 116 valence electrons. The van der Waals surface area contributed by atoms with Crippen LogP contribution in [0, 0.1) is 0 Å². The summed E-state index contributed by atoms with van der Waals surface area (Å²) in [7, 11) is 0. The van der Waals surface area contributed by atoms with Gasteiger partial charge in [0.05, 0.1) is 10.6 Å². The average molecular weight is 404 g/mol. The highest BCUT2D eigenvalue weighted by atomic mass is 79.9. The third-order valence-corrected chi connectivity index (χ3v) is 5.40. The fourth-order valence-electron chi connectivity index (χ4n) is 2.28. The summed E-state index contributed by atoms with van der Waals surface area (Å²) in [6, 6.07) is 15.8. The Morgan fingerprint density at radius 1 is 1.13 bits per heavy atom. The maximum absolute atomic E-state index is 12.7. The number of thiocarbonyl (C=S) groups is 1. The van der Waals surface area contributed by atoms with Crippen LogP contribution in [0.2, 0.25) is 0 Å². The van der Waals surface area contributed by atoms with Gasteiger partial charge in [-0.15, -0.1) is 0 Å². The van der Waals surface area contributed by atoms with Crippen molar-refractivity contribution in [1.29, 1.82) is 0 Å². The fraction of sp³-hybridized carbons (Fsp3) is 0.111. The third-order valence-electron chi connectivity index (χ3n) is 3.56. The van der Waals surface area contributed by atoms with Crippen molar-refractivity contribution in [2.45, 2.75) is 13.3 Å². The van der Waals surface area contributed by atoms with Gasteiger partial charge in [-0.1, -0.05) is 71.1 Å². The average Bonchev–Trinajstić information content (AvgIpc) is 2.84. The summed E-state index contributed by atoms with van der Waals surface area (Å²) in [5.74, 6) is -0.0628. The van der Waals surface area contributed by atoms with E-state index < -0.39 is 0 Å². The van der Waals surface area contributed by atoms with Gasteiger partial charge in [-0.25, -0.2) is 0 Å². The summed E-state index contributed by atoms with van der Waals surface area (Å²) in [5, 5.41) is 0. The molecule has 1 fully saturated rings. The van der Waals surface area contributed by atoms with Crippen LogP contribution in [-0.2, 0) is 11.2 Å². The first-order chi connectivity index (χ1) is 11.1. The monoisotopic (exact) mass is 403 g/mol. The summed E-state index contributed by atoms with van der Waals surface area (Å²) in [4.78, 5) is 14.9. The molecule has 2 aromatic carbocycles. The number of hydrogen-bond donors (Lipinski definition) is 0. The SMILES string of the molecule is CCc1ccc(N2C(=O)C(=Cc3ccc(Br)cc3)SC2=S)cc1. The molecule has 0 N–H and O–H groups in total. The number of carbonyl (C=O) groups excluding carboxylic acids is 1. The number of benzene rings is 2. The van der Waals surface area contributed by atoms with Gasteiger partial charge < -0.3 is 0 Å². The second kappa shape index (κ2) is 6.99. The van der Waals surface area contributed by atoms with E-state index in [0.717, 1.165) is 22.1 Å². The van der Waals surface area contributed by atoms with Crippen LogP contribution in [0.5, 0.6) is 0 Å². The van der Waals surface area contributed by atoms with Crippen LogP contribution < -0.4 is 4.90 Å². The van der Waals surface area contributed by atoms with Crippen LogP contribution in [0.3, 0.4) is 0 Å². The zero-order valence-corrected chi connectivity index (χ0v) is 15.7. The van der Waals surface area contributed by atoms with Crippen molar-refractivity contribution >= 4 is 61.9 Å². The van der Waals surface area contributed by atoms with Gasteiger partial charge in [-0.05, 0) is 47.9 Å². The maximum Gasteiger partial charge on any atom is 0.270 e. The van der Waals surface area contributed by atoms with Crippen molar-refractivity contribution in [1.82, 2.24) is 0 Å². The molecule has 0 bridgehead atoms. The smallest absolute Gasteiger partial charge is 0.268 e. The summed E-state index contributed by atoms with van der Waals surface area (Å²) in [6.45, 7) is 2.11. The minimum Gasteiger partial charge on any atom is -0.268 e. The molecule has 1 heterocycles. The lowest BCUT2D eigenvalue weighted by Gasteiger charge is -2.14. The van der Waals surface area contributed by atoms with E-state index in [9.17, 15) is 4.79 Å². The normalized spacial score (nSPS) is 16.4. The van der Waals surface area contributed by atoms with Gasteiger partial charge >= 0.3 is 0 Å². The molecule has 5 heteroatoms. The molecule has 0 unspecified atom stereocenters. The van der Waals surface area contributed by atoms with E-state index in [1.807, 2.05) is 54.6 Å². The number of aryl methyl sites for hydroxylation is 1. The van der Waals surface area contributed by atoms with Gasteiger partial charge in [0, 0.05) is 4.47 Å². The van der Waals surface area contributed by atoms with E-state index in [4.69, 9.17) is 12.2 Å². The molecule has 0 atom stereocenters. The van der Waals surface area contributed by atoms with E-state index >= 15 is 0 Å². The quantitative estimate of drug-likeness (QED) is 0.504. The number of hydrogen-bond acceptors (Lipinski definition) is 3. The Balaban J connectivity index is 1.88. The molecule has 0 spiro atoms. The Morgan fingerprint density at radius 2 is 1.78 bits per heavy atom. The second-order valence-corrected chi connectivity index (χ2v) is 7.68. The van der Waals surface area contributed by atoms with Crippen LogP contribution in [0.15, 0.2) is 57.9 Å². The summed E-state index contributed by atoms with van der Waals surface area (Å²) in [6.07, 6.45) is 2.86. The van der Waals surface area contributed by atoms with Crippen molar-refractivity contribution in [2.24, 2.45) is 0 Å². The molecule has 1 aliphatic rings. The molecule has 0 aromatic heterocycles. The molecular formula is C18H14BrNOS2. The van der Waals surface area contributed by atoms with Gasteiger partial charge in [0.25, 0.3) is 5.91 Å². The Morgan fingerprint density at radius 3 is 2.39 bits per heavy atom. The number of amides is 1. The largest absolute Gasteiger partial charge is 0.270 e. The molecule has 1 saturated heterocycles. The molecule has 0 saturated carbocycles. The molecule has 2 aromatic rings. The predicted octanol–water partition coefficient (Wildman–Crippen LogP) is 5.42. The molecule has 23 heavy (non-hydrogen) atoms. The first-order valence-electron chi connectivity index (χ1n) is 7.21. The van der Waals surface area contributed by atoms with Gasteiger partial charge in [-0.3, -0.25) is 9.69 Å². The van der Waals surface area contributed by atoms with Crippen LogP contribution in [0.25, 0.3) is 6.08 Å². The van der Waals surface area contributed by atoms with Gasteiger partial charge in [0.2, 0.25) is 0 Å². The number of halogens is 1. The van der Waals surface area contributed by atoms with Gasteiger partial charge in [-0.2, -0.15) is 0 Å².